The van der Waals surface area contributed by atoms with Crippen molar-refractivity contribution in [1.82, 2.24) is 20.9 Å². The van der Waals surface area contributed by atoms with Crippen molar-refractivity contribution in [2.75, 3.05) is 63.7 Å². The monoisotopic (exact) mass is 677 g/mol. The standard InChI is InChI=1S/C33H51N5O8S/c1-3-5-6-16-34-29(40)13-17-35-28(39)12-9-25-7-10-26(11-8-25)37-31(42)15-20-45-22-23-46-21-18-36-30(41)14-19-38-32(43)24-27(33(38)44)47-4-2/h7-8,10-11,27H,3-6,9,12-24H2,1-2H3,(H,34,40)(H,35,39)(H,36,41)(H,37,42). The van der Waals surface area contributed by atoms with Gasteiger partial charge in [0.15, 0.2) is 0 Å². The number of amides is 6. The number of carbonyl (C=O) groups is 6. The summed E-state index contributed by atoms with van der Waals surface area (Å²) in [6, 6.07) is 7.30. The fourth-order valence-corrected chi connectivity index (χ4v) is 5.53. The molecule has 1 heterocycles. The van der Waals surface area contributed by atoms with Gasteiger partial charge in [0.25, 0.3) is 0 Å². The highest BCUT2D eigenvalue weighted by atomic mass is 32.2. The van der Waals surface area contributed by atoms with Gasteiger partial charge in [0.1, 0.15) is 0 Å². The number of hydrogen-bond donors (Lipinski definition) is 4. The Morgan fingerprint density at radius 3 is 2.15 bits per heavy atom. The lowest BCUT2D eigenvalue weighted by molar-refractivity contribution is -0.138. The molecule has 0 spiro atoms. The number of benzene rings is 1. The molecule has 1 atom stereocenters. The number of anilines is 1. The molecule has 0 aliphatic carbocycles. The van der Waals surface area contributed by atoms with E-state index in [9.17, 15) is 28.8 Å². The van der Waals surface area contributed by atoms with E-state index in [-0.39, 0.29) is 86.1 Å². The van der Waals surface area contributed by atoms with Crippen molar-refractivity contribution in [1.29, 1.82) is 0 Å². The first kappa shape index (κ1) is 39.7. The predicted molar refractivity (Wildman–Crippen MR) is 181 cm³/mol. The molecule has 1 aromatic carbocycles. The molecule has 0 saturated carbocycles. The molecule has 1 aromatic rings. The third-order valence-electron chi connectivity index (χ3n) is 7.20. The average Bonchev–Trinajstić information content (AvgIpc) is 3.32. The zero-order chi connectivity index (χ0) is 34.3. The van der Waals surface area contributed by atoms with Gasteiger partial charge in [-0.3, -0.25) is 33.7 Å². The summed E-state index contributed by atoms with van der Waals surface area (Å²) in [6.07, 6.45) is 4.70. The maximum absolute atomic E-state index is 12.2. The van der Waals surface area contributed by atoms with E-state index in [4.69, 9.17) is 9.47 Å². The second kappa shape index (κ2) is 23.8. The summed E-state index contributed by atoms with van der Waals surface area (Å²) < 4.78 is 10.9. The molecule has 4 N–H and O–H groups in total. The fourth-order valence-electron chi connectivity index (χ4n) is 4.60. The van der Waals surface area contributed by atoms with E-state index in [2.05, 4.69) is 28.2 Å². The third-order valence-corrected chi connectivity index (χ3v) is 8.31. The van der Waals surface area contributed by atoms with Gasteiger partial charge >= 0.3 is 0 Å². The van der Waals surface area contributed by atoms with Crippen molar-refractivity contribution in [3.05, 3.63) is 29.8 Å². The van der Waals surface area contributed by atoms with E-state index < -0.39 is 0 Å². The zero-order valence-corrected chi connectivity index (χ0v) is 28.6. The highest BCUT2D eigenvalue weighted by Gasteiger charge is 2.38. The minimum absolute atomic E-state index is 0.0533. The summed E-state index contributed by atoms with van der Waals surface area (Å²) in [5, 5.41) is 10.8. The van der Waals surface area contributed by atoms with Gasteiger partial charge in [0.2, 0.25) is 35.4 Å². The SMILES string of the molecule is CCCCCNC(=O)CCNC(=O)CCc1ccc(NC(=O)CCOCCOCCNC(=O)CCN2C(=O)CC(SCC)C2=O)cc1. The largest absolute Gasteiger partial charge is 0.379 e. The highest BCUT2D eigenvalue weighted by molar-refractivity contribution is 8.00. The Morgan fingerprint density at radius 2 is 1.43 bits per heavy atom. The second-order valence-corrected chi connectivity index (χ2v) is 12.5. The molecule has 262 valence electrons. The number of carbonyl (C=O) groups excluding carboxylic acids is 6. The molecule has 1 aliphatic heterocycles. The number of thioether (sulfide) groups is 1. The average molecular weight is 678 g/mol. The number of nitrogens with one attached hydrogen (secondary N) is 4. The van der Waals surface area contributed by atoms with Crippen LogP contribution in [-0.4, -0.2) is 104 Å². The molecule has 1 saturated heterocycles. The Labute approximate surface area is 282 Å². The molecule has 1 unspecified atom stereocenters. The van der Waals surface area contributed by atoms with Gasteiger partial charge in [-0.25, -0.2) is 0 Å². The summed E-state index contributed by atoms with van der Waals surface area (Å²) in [7, 11) is 0. The lowest BCUT2D eigenvalue weighted by Gasteiger charge is -2.14. The molecule has 47 heavy (non-hydrogen) atoms. The summed E-state index contributed by atoms with van der Waals surface area (Å²) in [5.41, 5.74) is 1.61. The normalized spacial score (nSPS) is 14.3. The van der Waals surface area contributed by atoms with Crippen molar-refractivity contribution in [2.45, 2.75) is 76.9 Å². The van der Waals surface area contributed by atoms with E-state index in [1.165, 1.54) is 16.7 Å². The van der Waals surface area contributed by atoms with E-state index in [0.717, 1.165) is 30.6 Å². The number of likely N-dealkylation sites (tertiary alicyclic amines) is 1. The van der Waals surface area contributed by atoms with Gasteiger partial charge in [0, 0.05) is 57.5 Å². The minimum atomic E-state index is -0.337. The molecule has 0 aromatic heterocycles. The molecule has 2 rings (SSSR count). The summed E-state index contributed by atoms with van der Waals surface area (Å²) in [5.74, 6) is -0.299. The number of ether oxygens (including phenoxy) is 2. The first-order valence-corrected chi connectivity index (χ1v) is 17.6. The molecule has 14 heteroatoms. The number of nitrogens with zero attached hydrogens (tertiary/aromatic N) is 1. The molecule has 0 bridgehead atoms. The predicted octanol–water partition coefficient (Wildman–Crippen LogP) is 2.18. The maximum Gasteiger partial charge on any atom is 0.242 e. The Balaban J connectivity index is 1.44. The zero-order valence-electron chi connectivity index (χ0n) is 27.7. The molecule has 1 aliphatic rings. The van der Waals surface area contributed by atoms with Crippen molar-refractivity contribution >= 4 is 52.9 Å². The Morgan fingerprint density at radius 1 is 0.766 bits per heavy atom. The third kappa shape index (κ3) is 17.3. The van der Waals surface area contributed by atoms with Gasteiger partial charge < -0.3 is 30.7 Å². The van der Waals surface area contributed by atoms with Crippen LogP contribution in [0.25, 0.3) is 0 Å². The second-order valence-electron chi connectivity index (χ2n) is 11.0. The molecular weight excluding hydrogens is 626 g/mol. The quantitative estimate of drug-likeness (QED) is 0.0894. The van der Waals surface area contributed by atoms with Gasteiger partial charge in [-0.05, 0) is 36.3 Å². The van der Waals surface area contributed by atoms with Crippen LogP contribution in [0.2, 0.25) is 0 Å². The van der Waals surface area contributed by atoms with Crippen LogP contribution in [-0.2, 0) is 44.7 Å². The van der Waals surface area contributed by atoms with Gasteiger partial charge in [-0.15, -0.1) is 11.8 Å². The lowest BCUT2D eigenvalue weighted by atomic mass is 10.1. The van der Waals surface area contributed by atoms with Crippen LogP contribution in [0.4, 0.5) is 5.69 Å². The van der Waals surface area contributed by atoms with E-state index in [1.54, 1.807) is 12.1 Å². The number of rotatable bonds is 25. The number of unbranched alkanes of at least 4 members (excludes halogenated alkanes) is 2. The van der Waals surface area contributed by atoms with Crippen LogP contribution in [0.1, 0.15) is 70.8 Å². The molecule has 1 fully saturated rings. The van der Waals surface area contributed by atoms with Crippen molar-refractivity contribution in [3.63, 3.8) is 0 Å². The number of aryl methyl sites for hydroxylation is 1. The van der Waals surface area contributed by atoms with E-state index in [0.29, 0.717) is 51.4 Å². The Hall–Kier alpha value is -3.49. The van der Waals surface area contributed by atoms with E-state index >= 15 is 0 Å². The topological polar surface area (TPSA) is 172 Å². The fraction of sp³-hybridized carbons (Fsp3) is 0.636. The van der Waals surface area contributed by atoms with Crippen LogP contribution in [0, 0.1) is 0 Å². The minimum Gasteiger partial charge on any atom is -0.379 e. The Kier molecular flexibility index (Phi) is 20.1. The van der Waals surface area contributed by atoms with Crippen LogP contribution in [0.15, 0.2) is 24.3 Å². The lowest BCUT2D eigenvalue weighted by Crippen LogP contribution is -2.36. The van der Waals surface area contributed by atoms with Gasteiger partial charge in [0.05, 0.1) is 38.1 Å². The first-order chi connectivity index (χ1) is 22.7. The van der Waals surface area contributed by atoms with Crippen molar-refractivity contribution < 1.29 is 38.2 Å². The van der Waals surface area contributed by atoms with Crippen molar-refractivity contribution in [2.24, 2.45) is 0 Å². The Bertz CT molecular complexity index is 1150. The van der Waals surface area contributed by atoms with Crippen LogP contribution in [0.3, 0.4) is 0 Å². The van der Waals surface area contributed by atoms with Crippen LogP contribution < -0.4 is 21.3 Å². The highest BCUT2D eigenvalue weighted by Crippen LogP contribution is 2.24. The van der Waals surface area contributed by atoms with Crippen LogP contribution >= 0.6 is 11.8 Å². The summed E-state index contributed by atoms with van der Waals surface area (Å²) >= 11 is 1.45. The van der Waals surface area contributed by atoms with Gasteiger partial charge in [-0.1, -0.05) is 38.8 Å². The van der Waals surface area contributed by atoms with E-state index in [1.807, 2.05) is 19.1 Å². The van der Waals surface area contributed by atoms with Crippen LogP contribution in [0.5, 0.6) is 0 Å². The molecule has 13 nitrogen and oxygen atoms in total. The number of imide groups is 1. The summed E-state index contributed by atoms with van der Waals surface area (Å²) in [4.78, 5) is 73.5. The smallest absolute Gasteiger partial charge is 0.242 e. The molecule has 6 amide bonds. The maximum atomic E-state index is 12.2. The molecular formula is C33H51N5O8S. The summed E-state index contributed by atoms with van der Waals surface area (Å²) in [6.45, 7) is 6.52. The van der Waals surface area contributed by atoms with Crippen molar-refractivity contribution in [3.8, 4) is 0 Å². The van der Waals surface area contributed by atoms with Gasteiger partial charge in [-0.2, -0.15) is 0 Å². The molecule has 0 radical (unpaired) electrons. The number of hydrogen-bond acceptors (Lipinski definition) is 9. The first-order valence-electron chi connectivity index (χ1n) is 16.5.